The van der Waals surface area contributed by atoms with E-state index in [0.29, 0.717) is 6.54 Å². The summed E-state index contributed by atoms with van der Waals surface area (Å²) in [5.41, 5.74) is 4.46. The number of carbonyl (C=O) groups excluding carboxylic acids is 2. The molecule has 27 heavy (non-hydrogen) atoms. The van der Waals surface area contributed by atoms with Crippen molar-refractivity contribution >= 4 is 23.2 Å². The van der Waals surface area contributed by atoms with Crippen molar-refractivity contribution < 1.29 is 14.3 Å². The maximum atomic E-state index is 12.1. The van der Waals surface area contributed by atoms with E-state index in [-0.39, 0.29) is 18.2 Å². The SMILES string of the molecule is Cc1ccc(CNC(=O)COC(=O)c2csc(-c3ccc(C)cc3)n2)cc1. The highest BCUT2D eigenvalue weighted by molar-refractivity contribution is 7.13. The Morgan fingerprint density at radius 3 is 2.30 bits per heavy atom. The zero-order valence-corrected chi connectivity index (χ0v) is 16.0. The average Bonchev–Trinajstić information content (AvgIpc) is 3.16. The number of ether oxygens (including phenoxy) is 1. The fourth-order valence-corrected chi connectivity index (χ4v) is 3.15. The normalized spacial score (nSPS) is 10.4. The third kappa shape index (κ3) is 5.24. The van der Waals surface area contributed by atoms with Gasteiger partial charge in [-0.1, -0.05) is 59.7 Å². The predicted octanol–water partition coefficient (Wildman–Crippen LogP) is 3.90. The number of amides is 1. The van der Waals surface area contributed by atoms with E-state index in [1.54, 1.807) is 5.38 Å². The van der Waals surface area contributed by atoms with Crippen molar-refractivity contribution in [2.24, 2.45) is 0 Å². The maximum Gasteiger partial charge on any atom is 0.358 e. The van der Waals surface area contributed by atoms with Gasteiger partial charge in [-0.05, 0) is 19.4 Å². The highest BCUT2D eigenvalue weighted by atomic mass is 32.1. The second-order valence-electron chi connectivity index (χ2n) is 6.24. The smallest absolute Gasteiger partial charge is 0.358 e. The molecule has 1 heterocycles. The van der Waals surface area contributed by atoms with Gasteiger partial charge in [0.2, 0.25) is 0 Å². The van der Waals surface area contributed by atoms with E-state index in [1.807, 2.05) is 62.4 Å². The van der Waals surface area contributed by atoms with Crippen LogP contribution >= 0.6 is 11.3 Å². The van der Waals surface area contributed by atoms with Crippen LogP contribution in [0.1, 0.15) is 27.2 Å². The van der Waals surface area contributed by atoms with Gasteiger partial charge in [-0.25, -0.2) is 9.78 Å². The third-order valence-corrected chi connectivity index (χ3v) is 4.85. The monoisotopic (exact) mass is 380 g/mol. The molecule has 1 N–H and O–H groups in total. The summed E-state index contributed by atoms with van der Waals surface area (Å²) in [5.74, 6) is -0.951. The predicted molar refractivity (Wildman–Crippen MR) is 106 cm³/mol. The van der Waals surface area contributed by atoms with E-state index in [0.717, 1.165) is 27.3 Å². The lowest BCUT2D eigenvalue weighted by Gasteiger charge is -2.06. The molecule has 0 atom stereocenters. The van der Waals surface area contributed by atoms with Crippen molar-refractivity contribution in [1.82, 2.24) is 10.3 Å². The molecule has 1 amide bonds. The van der Waals surface area contributed by atoms with Gasteiger partial charge in [-0.15, -0.1) is 11.3 Å². The fraction of sp³-hybridized carbons (Fsp3) is 0.190. The van der Waals surface area contributed by atoms with Crippen LogP contribution in [0.2, 0.25) is 0 Å². The molecule has 1 aromatic heterocycles. The summed E-state index contributed by atoms with van der Waals surface area (Å²) in [4.78, 5) is 28.3. The number of aromatic nitrogens is 1. The summed E-state index contributed by atoms with van der Waals surface area (Å²) in [5, 5.41) is 5.11. The second-order valence-corrected chi connectivity index (χ2v) is 7.10. The summed E-state index contributed by atoms with van der Waals surface area (Å²) in [6, 6.07) is 15.8. The first-order valence-corrected chi connectivity index (χ1v) is 9.41. The van der Waals surface area contributed by atoms with Crippen molar-refractivity contribution in [3.63, 3.8) is 0 Å². The van der Waals surface area contributed by atoms with E-state index in [1.165, 1.54) is 11.3 Å². The lowest BCUT2D eigenvalue weighted by molar-refractivity contribution is -0.124. The molecule has 2 aromatic carbocycles. The molecule has 0 aliphatic heterocycles. The van der Waals surface area contributed by atoms with Crippen molar-refractivity contribution in [3.8, 4) is 10.6 Å². The molecular weight excluding hydrogens is 360 g/mol. The fourth-order valence-electron chi connectivity index (χ4n) is 2.36. The molecule has 3 aromatic rings. The summed E-state index contributed by atoms with van der Waals surface area (Å²) in [6.45, 7) is 4.08. The summed E-state index contributed by atoms with van der Waals surface area (Å²) < 4.78 is 5.06. The number of hydrogen-bond donors (Lipinski definition) is 1. The molecule has 6 heteroatoms. The minimum Gasteiger partial charge on any atom is -0.451 e. The van der Waals surface area contributed by atoms with Gasteiger partial charge in [-0.3, -0.25) is 4.79 Å². The van der Waals surface area contributed by atoms with Crippen molar-refractivity contribution in [3.05, 3.63) is 76.3 Å². The van der Waals surface area contributed by atoms with Crippen molar-refractivity contribution in [2.45, 2.75) is 20.4 Å². The van der Waals surface area contributed by atoms with Gasteiger partial charge in [0.25, 0.3) is 5.91 Å². The Hall–Kier alpha value is -2.99. The Bertz CT molecular complexity index is 931. The number of esters is 1. The molecular formula is C21H20N2O3S. The van der Waals surface area contributed by atoms with Crippen LogP contribution in [0.3, 0.4) is 0 Å². The standard InChI is InChI=1S/C21H20N2O3S/c1-14-3-7-16(8-4-14)11-22-19(24)12-26-21(25)18-13-27-20(23-18)17-9-5-15(2)6-10-17/h3-10,13H,11-12H2,1-2H3,(H,22,24). The zero-order valence-electron chi connectivity index (χ0n) is 15.2. The molecule has 3 rings (SSSR count). The van der Waals surface area contributed by atoms with E-state index in [2.05, 4.69) is 10.3 Å². The molecule has 138 valence electrons. The highest BCUT2D eigenvalue weighted by Gasteiger charge is 2.15. The van der Waals surface area contributed by atoms with Crippen LogP contribution in [0.15, 0.2) is 53.9 Å². The van der Waals surface area contributed by atoms with E-state index < -0.39 is 5.97 Å². The van der Waals surface area contributed by atoms with Crippen molar-refractivity contribution in [2.75, 3.05) is 6.61 Å². The van der Waals surface area contributed by atoms with Crippen LogP contribution in [0.25, 0.3) is 10.6 Å². The van der Waals surface area contributed by atoms with E-state index in [4.69, 9.17) is 4.74 Å². The maximum absolute atomic E-state index is 12.1. The zero-order chi connectivity index (χ0) is 19.2. The van der Waals surface area contributed by atoms with Gasteiger partial charge >= 0.3 is 5.97 Å². The first kappa shape index (κ1) is 18.8. The van der Waals surface area contributed by atoms with Gasteiger partial charge in [-0.2, -0.15) is 0 Å². The van der Waals surface area contributed by atoms with Gasteiger partial charge in [0, 0.05) is 17.5 Å². The number of carbonyl (C=O) groups is 2. The van der Waals surface area contributed by atoms with Gasteiger partial charge in [0.1, 0.15) is 5.01 Å². The molecule has 0 fully saturated rings. The van der Waals surface area contributed by atoms with E-state index >= 15 is 0 Å². The molecule has 0 aliphatic carbocycles. The Kier molecular flexibility index (Phi) is 5.98. The highest BCUT2D eigenvalue weighted by Crippen LogP contribution is 2.24. The Morgan fingerprint density at radius 1 is 1.00 bits per heavy atom. The van der Waals surface area contributed by atoms with Crippen LogP contribution in [-0.4, -0.2) is 23.5 Å². The van der Waals surface area contributed by atoms with Crippen LogP contribution < -0.4 is 5.32 Å². The number of thiazole rings is 1. The van der Waals surface area contributed by atoms with Crippen LogP contribution in [-0.2, 0) is 16.1 Å². The topological polar surface area (TPSA) is 68.3 Å². The number of nitrogens with zero attached hydrogens (tertiary/aromatic N) is 1. The summed E-state index contributed by atoms with van der Waals surface area (Å²) in [7, 11) is 0. The molecule has 0 radical (unpaired) electrons. The van der Waals surface area contributed by atoms with Gasteiger partial charge < -0.3 is 10.1 Å². The van der Waals surface area contributed by atoms with Gasteiger partial charge in [0.15, 0.2) is 12.3 Å². The van der Waals surface area contributed by atoms with E-state index in [9.17, 15) is 9.59 Å². The Balaban J connectivity index is 1.49. The summed E-state index contributed by atoms with van der Waals surface area (Å²) in [6.07, 6.45) is 0. The minimum absolute atomic E-state index is 0.210. The molecule has 0 saturated carbocycles. The second kappa shape index (κ2) is 8.60. The van der Waals surface area contributed by atoms with Crippen LogP contribution in [0.4, 0.5) is 0 Å². The van der Waals surface area contributed by atoms with Crippen LogP contribution in [0, 0.1) is 13.8 Å². The molecule has 0 saturated heterocycles. The summed E-state index contributed by atoms with van der Waals surface area (Å²) >= 11 is 1.37. The number of rotatable bonds is 6. The number of nitrogens with one attached hydrogen (secondary N) is 1. The number of benzene rings is 2. The molecule has 0 spiro atoms. The number of aryl methyl sites for hydroxylation is 2. The lowest BCUT2D eigenvalue weighted by Crippen LogP contribution is -2.28. The lowest BCUT2D eigenvalue weighted by atomic mass is 10.1. The molecule has 0 bridgehead atoms. The largest absolute Gasteiger partial charge is 0.451 e. The number of hydrogen-bond acceptors (Lipinski definition) is 5. The Morgan fingerprint density at radius 2 is 1.63 bits per heavy atom. The first-order chi connectivity index (χ1) is 13.0. The molecule has 5 nitrogen and oxygen atoms in total. The van der Waals surface area contributed by atoms with Gasteiger partial charge in [0.05, 0.1) is 0 Å². The quantitative estimate of drug-likeness (QED) is 0.659. The van der Waals surface area contributed by atoms with Crippen molar-refractivity contribution in [1.29, 1.82) is 0 Å². The third-order valence-electron chi connectivity index (χ3n) is 3.96. The average molecular weight is 380 g/mol. The first-order valence-electron chi connectivity index (χ1n) is 8.53. The Labute approximate surface area is 162 Å². The van der Waals surface area contributed by atoms with Crippen LogP contribution in [0.5, 0.6) is 0 Å². The minimum atomic E-state index is -0.602. The molecule has 0 aliphatic rings. The molecule has 0 unspecified atom stereocenters.